The second kappa shape index (κ2) is 52.8. The molecule has 1 radical (unpaired) electrons. The Morgan fingerprint density at radius 3 is 0.387 bits per heavy atom. The fourth-order valence-electron chi connectivity index (χ4n) is 6.70. The van der Waals surface area contributed by atoms with Crippen LogP contribution in [0.4, 0.5) is 0 Å². The summed E-state index contributed by atoms with van der Waals surface area (Å²) in [6, 6.07) is 0. The first-order valence-electron chi connectivity index (χ1n) is 25.7. The van der Waals surface area contributed by atoms with E-state index in [9.17, 15) is 18.3 Å². The normalized spacial score (nSPS) is 12.0. The van der Waals surface area contributed by atoms with E-state index in [4.69, 9.17) is 18.6 Å². The summed E-state index contributed by atoms with van der Waals surface area (Å²) in [4.78, 5) is 0. The van der Waals surface area contributed by atoms with E-state index in [1.807, 2.05) is 0 Å². The molecule has 0 heterocycles. The van der Waals surface area contributed by atoms with Gasteiger partial charge in [0.1, 0.15) is 0 Å². The van der Waals surface area contributed by atoms with Crippen LogP contribution in [0.15, 0.2) is 0 Å². The van der Waals surface area contributed by atoms with Crippen LogP contribution < -0.4 is 4.66 Å². The van der Waals surface area contributed by atoms with E-state index in [1.54, 1.807) is 0 Å². The maximum atomic E-state index is 12.5. The molecule has 62 heavy (non-hydrogen) atoms. The predicted molar refractivity (Wildman–Crippen MR) is 274 cm³/mol. The van der Waals surface area contributed by atoms with Crippen LogP contribution in [-0.2, 0) is 18.3 Å². The summed E-state index contributed by atoms with van der Waals surface area (Å²) in [6.45, 7) is 26.2. The summed E-state index contributed by atoms with van der Waals surface area (Å²) in [6.07, 6.45) is 40.1. The Morgan fingerprint density at radius 1 is 0.274 bits per heavy atom. The second-order valence-corrected chi connectivity index (χ2v) is 32.3. The van der Waals surface area contributed by atoms with Gasteiger partial charge in [-0.05, 0) is 77.0 Å². The van der Waals surface area contributed by atoms with Crippen LogP contribution in [0, 0.1) is 52.0 Å². The zero-order valence-electron chi connectivity index (χ0n) is 43.5. The summed E-state index contributed by atoms with van der Waals surface area (Å²) < 4.78 is 80.2. The molecule has 0 aromatic rings. The van der Waals surface area contributed by atoms with E-state index in [1.165, 1.54) is 77.0 Å². The Labute approximate surface area is 425 Å². The zero-order chi connectivity index (χ0) is 48.0. The first-order chi connectivity index (χ1) is 28.7. The van der Waals surface area contributed by atoms with Crippen molar-refractivity contribution in [2.75, 3.05) is 73.9 Å². The van der Waals surface area contributed by atoms with Gasteiger partial charge in [0.2, 0.25) is 0 Å². The van der Waals surface area contributed by atoms with E-state index in [0.717, 1.165) is 151 Å². The van der Waals surface area contributed by atoms with E-state index in [-0.39, 0.29) is 41.7 Å². The third-order valence-corrected chi connectivity index (χ3v) is 24.6. The van der Waals surface area contributed by atoms with Crippen LogP contribution in [0.5, 0.6) is 0 Å². The molecule has 0 fully saturated rings. The molecule has 0 rings (SSSR count). The van der Waals surface area contributed by atoms with Crippen molar-refractivity contribution in [2.24, 2.45) is 0 Å². The SMILES string of the molecule is CCCCP(=O)(CCCC)CCCC.CCCCP(=O)(CCCC)CCCC.CCCCP(=O)(CCCC)CCCC.CCCCP(=O)(CCCC)CCCC.[Ce+3].[O-][Cl+](O)(O)O. The molecule has 0 saturated carbocycles. The van der Waals surface area contributed by atoms with Gasteiger partial charge in [-0.25, -0.2) is 0 Å². The number of halogens is 1. The van der Waals surface area contributed by atoms with Crippen molar-refractivity contribution < 1.29 is 88.9 Å². The van der Waals surface area contributed by atoms with E-state index >= 15 is 0 Å². The first kappa shape index (κ1) is 75.9. The molecule has 14 heteroatoms. The average molecular weight is 1120 g/mol. The maximum absolute atomic E-state index is 12.5. The van der Waals surface area contributed by atoms with Gasteiger partial charge in [0.05, 0.1) is 28.6 Å². The fourth-order valence-corrected chi connectivity index (χ4v) is 20.1. The van der Waals surface area contributed by atoms with E-state index in [2.05, 4.69) is 83.1 Å². The van der Waals surface area contributed by atoms with Gasteiger partial charge in [0.15, 0.2) is 0 Å². The molecular formula is C48H111CeClO8P4+3. The van der Waals surface area contributed by atoms with Crippen LogP contribution in [0.25, 0.3) is 0 Å². The van der Waals surface area contributed by atoms with Gasteiger partial charge in [0, 0.05) is 73.9 Å². The van der Waals surface area contributed by atoms with Gasteiger partial charge in [-0.2, -0.15) is 0 Å². The molecule has 379 valence electrons. The number of rotatable bonds is 36. The van der Waals surface area contributed by atoms with Crippen molar-refractivity contribution in [2.45, 2.75) is 237 Å². The van der Waals surface area contributed by atoms with Gasteiger partial charge < -0.3 is 18.3 Å². The minimum absolute atomic E-state index is 0. The third-order valence-electron chi connectivity index (χ3n) is 11.0. The van der Waals surface area contributed by atoms with Crippen molar-refractivity contribution >= 4 is 28.6 Å². The van der Waals surface area contributed by atoms with Gasteiger partial charge in [-0.1, -0.05) is 160 Å². The van der Waals surface area contributed by atoms with Crippen LogP contribution in [0.1, 0.15) is 237 Å². The van der Waals surface area contributed by atoms with Crippen LogP contribution in [0.2, 0.25) is 0 Å². The number of hydrogen-bond donors (Lipinski definition) is 3. The Kier molecular flexibility index (Phi) is 64.6. The van der Waals surface area contributed by atoms with Gasteiger partial charge in [0.25, 0.3) is 0 Å². The molecule has 0 saturated heterocycles. The molecule has 8 nitrogen and oxygen atoms in total. The fraction of sp³-hybridized carbons (Fsp3) is 1.00. The van der Waals surface area contributed by atoms with Crippen molar-refractivity contribution in [1.82, 2.24) is 0 Å². The average Bonchev–Trinajstić information content (AvgIpc) is 3.23. The Balaban J connectivity index is -0.000000161. The van der Waals surface area contributed by atoms with Crippen molar-refractivity contribution in [3.63, 3.8) is 0 Å². The summed E-state index contributed by atoms with van der Waals surface area (Å²) >= 11 is 0. The number of hydrogen-bond acceptors (Lipinski definition) is 8. The van der Waals surface area contributed by atoms with Gasteiger partial charge in [-0.15, -0.1) is 0 Å². The standard InChI is InChI=1S/4C12H27OP.Ce.ClH3O4/c4*1-4-7-10-14(13,11-8-5-2)12-9-6-3;;2-1(3,4)5/h4*4-12H2,1-3H3;;2-4H/q;;;;+3;. The molecule has 0 bridgehead atoms. The predicted octanol–water partition coefficient (Wildman–Crippen LogP) is 16.1. The Morgan fingerprint density at radius 2 is 0.339 bits per heavy atom. The molecule has 0 spiro atoms. The summed E-state index contributed by atoms with van der Waals surface area (Å²) in [5.41, 5.74) is 0. The minimum atomic E-state index is -4.19. The third kappa shape index (κ3) is 60.4. The molecular weight excluding hydrogens is 1000 g/mol. The van der Waals surface area contributed by atoms with E-state index < -0.39 is 38.8 Å². The van der Waals surface area contributed by atoms with Gasteiger partial charge in [-0.3, -0.25) is 0 Å². The number of unbranched alkanes of at least 4 members (excludes halogenated alkanes) is 12. The molecule has 0 unspecified atom stereocenters. The molecule has 0 aromatic heterocycles. The van der Waals surface area contributed by atoms with Crippen molar-refractivity contribution in [1.29, 1.82) is 0 Å². The zero-order valence-corrected chi connectivity index (χ0v) is 51.0. The second-order valence-electron chi connectivity index (χ2n) is 17.6. The van der Waals surface area contributed by atoms with Crippen molar-refractivity contribution in [3.05, 3.63) is 0 Å². The topological polar surface area (TPSA) is 152 Å². The summed E-state index contributed by atoms with van der Waals surface area (Å²) in [5.74, 6) is 0. The molecule has 0 aliphatic carbocycles. The van der Waals surface area contributed by atoms with Gasteiger partial charge >= 0.3 is 70.6 Å². The van der Waals surface area contributed by atoms with E-state index in [0.29, 0.717) is 0 Å². The molecule has 0 atom stereocenters. The first-order valence-corrected chi connectivity index (χ1v) is 36.0. The molecule has 0 aliphatic rings. The Hall–Kier alpha value is 2.43. The summed E-state index contributed by atoms with van der Waals surface area (Å²) in [5, 5.41) is 0. The van der Waals surface area contributed by atoms with Crippen LogP contribution >= 0.6 is 28.6 Å². The molecule has 0 aromatic carbocycles. The summed E-state index contributed by atoms with van der Waals surface area (Å²) in [7, 11) is -11.3. The monoisotopic (exact) mass is 1110 g/mol. The molecule has 0 amide bonds. The molecule has 3 N–H and O–H groups in total. The Bertz CT molecular complexity index is 806. The van der Waals surface area contributed by atoms with Crippen LogP contribution in [-0.4, -0.2) is 87.9 Å². The quantitative estimate of drug-likeness (QED) is 0.0525. The van der Waals surface area contributed by atoms with Crippen LogP contribution in [0.3, 0.4) is 0 Å². The molecule has 0 aliphatic heterocycles. The van der Waals surface area contributed by atoms with Crippen molar-refractivity contribution in [3.8, 4) is 0 Å².